The minimum Gasteiger partial charge on any atom is -0.478 e. The van der Waals surface area contributed by atoms with Gasteiger partial charge in [0, 0.05) is 18.7 Å². The van der Waals surface area contributed by atoms with Gasteiger partial charge in [0.05, 0.1) is 13.2 Å². The quantitative estimate of drug-likeness (QED) is 0.615. The number of carboxylic acid groups (broad SMARTS) is 1. The Labute approximate surface area is 93.7 Å². The summed E-state index contributed by atoms with van der Waals surface area (Å²) in [7, 11) is 0. The fraction of sp³-hybridized carbons (Fsp3) is 0.600. The summed E-state index contributed by atoms with van der Waals surface area (Å²) in [4.78, 5) is 23.5. The lowest BCUT2D eigenvalue weighted by Crippen LogP contribution is -2.52. The second-order valence-electron chi connectivity index (χ2n) is 3.68. The number of nitrogens with zero attached hydrogens (tertiary/aromatic N) is 1. The molecule has 1 atom stereocenters. The van der Waals surface area contributed by atoms with Crippen LogP contribution < -0.4 is 5.73 Å². The highest BCUT2D eigenvalue weighted by atomic mass is 16.5. The zero-order valence-electron chi connectivity index (χ0n) is 9.18. The maximum absolute atomic E-state index is 11.1. The van der Waals surface area contributed by atoms with E-state index in [4.69, 9.17) is 15.6 Å². The van der Waals surface area contributed by atoms with E-state index in [1.807, 2.05) is 4.90 Å². The molecule has 0 radical (unpaired) electrons. The molecule has 1 heterocycles. The highest BCUT2D eigenvalue weighted by Gasteiger charge is 2.26. The van der Waals surface area contributed by atoms with Crippen LogP contribution in [-0.4, -0.2) is 54.2 Å². The topological polar surface area (TPSA) is 92.9 Å². The average Bonchev–Trinajstić information content (AvgIpc) is 2.25. The van der Waals surface area contributed by atoms with Gasteiger partial charge in [-0.25, -0.2) is 4.79 Å². The van der Waals surface area contributed by atoms with Gasteiger partial charge in [0.15, 0.2) is 0 Å². The molecule has 90 valence electrons. The molecule has 1 fully saturated rings. The van der Waals surface area contributed by atoms with Gasteiger partial charge in [-0.3, -0.25) is 9.69 Å². The molecule has 0 saturated carbocycles. The van der Waals surface area contributed by atoms with Gasteiger partial charge in [-0.05, 0) is 6.92 Å². The average molecular weight is 228 g/mol. The molecule has 6 nitrogen and oxygen atoms in total. The van der Waals surface area contributed by atoms with Crippen molar-refractivity contribution >= 4 is 11.9 Å². The Kier molecular flexibility index (Phi) is 4.45. The standard InChI is InChI=1S/C10H16N2O4/c1-7(10(14)15)2-3-12-4-5-16-6-8(12)9(11)13/h2,8H,3-6H2,1H3,(H2,11,13)(H,14,15). The predicted molar refractivity (Wildman–Crippen MR) is 56.8 cm³/mol. The third kappa shape index (κ3) is 3.32. The molecule has 0 aromatic rings. The van der Waals surface area contributed by atoms with Crippen LogP contribution in [0.15, 0.2) is 11.6 Å². The molecule has 1 saturated heterocycles. The van der Waals surface area contributed by atoms with Crippen molar-refractivity contribution in [3.8, 4) is 0 Å². The van der Waals surface area contributed by atoms with E-state index in [9.17, 15) is 9.59 Å². The third-order valence-corrected chi connectivity index (χ3v) is 2.54. The first kappa shape index (κ1) is 12.7. The smallest absolute Gasteiger partial charge is 0.330 e. The molecule has 3 N–H and O–H groups in total. The number of hydrogen-bond donors (Lipinski definition) is 2. The fourth-order valence-electron chi connectivity index (χ4n) is 1.46. The molecule has 0 bridgehead atoms. The molecule has 16 heavy (non-hydrogen) atoms. The summed E-state index contributed by atoms with van der Waals surface area (Å²) in [6.07, 6.45) is 1.57. The lowest BCUT2D eigenvalue weighted by atomic mass is 10.2. The highest BCUT2D eigenvalue weighted by Crippen LogP contribution is 2.07. The zero-order valence-corrected chi connectivity index (χ0v) is 9.18. The van der Waals surface area contributed by atoms with Crippen molar-refractivity contribution < 1.29 is 19.4 Å². The normalized spacial score (nSPS) is 23.1. The Morgan fingerprint density at radius 1 is 1.62 bits per heavy atom. The molecular weight excluding hydrogens is 212 g/mol. The molecule has 0 aliphatic carbocycles. The molecule has 1 unspecified atom stereocenters. The van der Waals surface area contributed by atoms with Crippen molar-refractivity contribution in [2.24, 2.45) is 5.73 Å². The van der Waals surface area contributed by atoms with E-state index in [0.29, 0.717) is 19.7 Å². The maximum Gasteiger partial charge on any atom is 0.330 e. The summed E-state index contributed by atoms with van der Waals surface area (Å²) in [6.45, 7) is 3.30. The minimum absolute atomic E-state index is 0.259. The number of hydrogen-bond acceptors (Lipinski definition) is 4. The second-order valence-corrected chi connectivity index (χ2v) is 3.68. The molecular formula is C10H16N2O4. The number of carbonyl (C=O) groups is 2. The summed E-state index contributed by atoms with van der Waals surface area (Å²) in [5, 5.41) is 8.68. The van der Waals surface area contributed by atoms with Crippen LogP contribution in [0.1, 0.15) is 6.92 Å². The van der Waals surface area contributed by atoms with Crippen LogP contribution in [0.2, 0.25) is 0 Å². The Morgan fingerprint density at radius 2 is 2.31 bits per heavy atom. The molecule has 1 amide bonds. The maximum atomic E-state index is 11.1. The molecule has 0 spiro atoms. The summed E-state index contributed by atoms with van der Waals surface area (Å²) >= 11 is 0. The van der Waals surface area contributed by atoms with Crippen molar-refractivity contribution in [1.29, 1.82) is 0 Å². The molecule has 1 aliphatic heterocycles. The largest absolute Gasteiger partial charge is 0.478 e. The van der Waals surface area contributed by atoms with E-state index >= 15 is 0 Å². The molecule has 6 heteroatoms. The summed E-state index contributed by atoms with van der Waals surface area (Å²) in [6, 6.07) is -0.466. The number of primary amides is 1. The Balaban J connectivity index is 2.60. The van der Waals surface area contributed by atoms with E-state index < -0.39 is 17.9 Å². The van der Waals surface area contributed by atoms with Crippen molar-refractivity contribution in [3.05, 3.63) is 11.6 Å². The van der Waals surface area contributed by atoms with Crippen molar-refractivity contribution in [1.82, 2.24) is 4.90 Å². The van der Waals surface area contributed by atoms with Gasteiger partial charge in [0.1, 0.15) is 6.04 Å². The van der Waals surface area contributed by atoms with E-state index in [2.05, 4.69) is 0 Å². The fourth-order valence-corrected chi connectivity index (χ4v) is 1.46. The first-order valence-electron chi connectivity index (χ1n) is 5.03. The third-order valence-electron chi connectivity index (χ3n) is 2.54. The lowest BCUT2D eigenvalue weighted by Gasteiger charge is -2.32. The molecule has 1 rings (SSSR count). The molecule has 0 aromatic heterocycles. The number of aliphatic carboxylic acids is 1. The Bertz CT molecular complexity index is 314. The number of morpholine rings is 1. The number of nitrogens with two attached hydrogens (primary N) is 1. The van der Waals surface area contributed by atoms with Gasteiger partial charge in [-0.2, -0.15) is 0 Å². The van der Waals surface area contributed by atoms with E-state index in [0.717, 1.165) is 0 Å². The number of rotatable bonds is 4. The van der Waals surface area contributed by atoms with Gasteiger partial charge < -0.3 is 15.6 Å². The van der Waals surface area contributed by atoms with Gasteiger partial charge in [-0.15, -0.1) is 0 Å². The molecule has 1 aliphatic rings. The first-order valence-corrected chi connectivity index (χ1v) is 5.03. The number of carbonyl (C=O) groups excluding carboxylic acids is 1. The van der Waals surface area contributed by atoms with Crippen LogP contribution in [0, 0.1) is 0 Å². The van der Waals surface area contributed by atoms with E-state index in [1.54, 1.807) is 6.08 Å². The first-order chi connectivity index (χ1) is 7.52. The monoisotopic (exact) mass is 228 g/mol. The van der Waals surface area contributed by atoms with Gasteiger partial charge in [0.25, 0.3) is 0 Å². The minimum atomic E-state index is -0.955. The van der Waals surface area contributed by atoms with Crippen molar-refractivity contribution in [2.75, 3.05) is 26.3 Å². The Hall–Kier alpha value is -1.40. The van der Waals surface area contributed by atoms with Crippen LogP contribution in [0.4, 0.5) is 0 Å². The van der Waals surface area contributed by atoms with Crippen LogP contribution in [0.3, 0.4) is 0 Å². The summed E-state index contributed by atoms with van der Waals surface area (Å²) in [5.41, 5.74) is 5.49. The lowest BCUT2D eigenvalue weighted by molar-refractivity contribution is -0.132. The van der Waals surface area contributed by atoms with Crippen LogP contribution >= 0.6 is 0 Å². The number of ether oxygens (including phenoxy) is 1. The highest BCUT2D eigenvalue weighted by molar-refractivity contribution is 5.85. The van der Waals surface area contributed by atoms with Crippen molar-refractivity contribution in [3.63, 3.8) is 0 Å². The van der Waals surface area contributed by atoms with Crippen LogP contribution in [0.5, 0.6) is 0 Å². The van der Waals surface area contributed by atoms with Crippen LogP contribution in [0.25, 0.3) is 0 Å². The number of amides is 1. The van der Waals surface area contributed by atoms with Gasteiger partial charge >= 0.3 is 5.97 Å². The summed E-state index contributed by atoms with van der Waals surface area (Å²) < 4.78 is 5.15. The van der Waals surface area contributed by atoms with E-state index in [-0.39, 0.29) is 12.2 Å². The van der Waals surface area contributed by atoms with Crippen molar-refractivity contribution in [2.45, 2.75) is 13.0 Å². The Morgan fingerprint density at radius 3 is 2.88 bits per heavy atom. The SMILES string of the molecule is CC(=CCN1CCOCC1C(N)=O)C(=O)O. The zero-order chi connectivity index (χ0) is 12.1. The predicted octanol–water partition coefficient (Wildman–Crippen LogP) is -0.797. The van der Waals surface area contributed by atoms with Gasteiger partial charge in [0.2, 0.25) is 5.91 Å². The number of carboxylic acids is 1. The van der Waals surface area contributed by atoms with Crippen LogP contribution in [-0.2, 0) is 14.3 Å². The molecule has 0 aromatic carbocycles. The van der Waals surface area contributed by atoms with Gasteiger partial charge in [-0.1, -0.05) is 6.08 Å². The second kappa shape index (κ2) is 5.62. The summed E-state index contributed by atoms with van der Waals surface area (Å²) in [5.74, 6) is -1.40. The van der Waals surface area contributed by atoms with E-state index in [1.165, 1.54) is 6.92 Å².